The van der Waals surface area contributed by atoms with Crippen molar-refractivity contribution in [1.29, 1.82) is 0 Å². The van der Waals surface area contributed by atoms with Crippen molar-refractivity contribution in [3.05, 3.63) is 0 Å². The van der Waals surface area contributed by atoms with Crippen LogP contribution in [0.3, 0.4) is 0 Å². The number of hydrogen-bond acceptors (Lipinski definition) is 3. The highest BCUT2D eigenvalue weighted by Gasteiger charge is 2.32. The average molecular weight is 198 g/mol. The van der Waals surface area contributed by atoms with Gasteiger partial charge in [0.05, 0.1) is 0 Å². The van der Waals surface area contributed by atoms with E-state index in [0.29, 0.717) is 11.8 Å². The van der Waals surface area contributed by atoms with Gasteiger partial charge in [0.15, 0.2) is 0 Å². The van der Waals surface area contributed by atoms with Gasteiger partial charge in [0.2, 0.25) is 0 Å². The van der Waals surface area contributed by atoms with Crippen molar-refractivity contribution in [1.82, 2.24) is 10.6 Å². The predicted octanol–water partition coefficient (Wildman–Crippen LogP) is 0.0487. The van der Waals surface area contributed by atoms with Crippen LogP contribution in [0.4, 0.5) is 0 Å². The van der Waals surface area contributed by atoms with Gasteiger partial charge in [-0.25, -0.2) is 0 Å². The zero-order valence-electron chi connectivity index (χ0n) is 8.33. The van der Waals surface area contributed by atoms with Crippen molar-refractivity contribution >= 4 is 5.97 Å². The van der Waals surface area contributed by atoms with Crippen LogP contribution in [0, 0.1) is 11.8 Å². The Morgan fingerprint density at radius 3 is 2.64 bits per heavy atom. The summed E-state index contributed by atoms with van der Waals surface area (Å²) in [7, 11) is 0. The van der Waals surface area contributed by atoms with Gasteiger partial charge in [0.25, 0.3) is 0 Å². The Kier molecular flexibility index (Phi) is 3.03. The molecular formula is C10H18N2O2. The number of carboxylic acid groups (broad SMARTS) is 1. The molecule has 2 heterocycles. The van der Waals surface area contributed by atoms with E-state index < -0.39 is 5.97 Å². The molecule has 0 aliphatic carbocycles. The minimum absolute atomic E-state index is 0.311. The number of hydrogen-bond donors (Lipinski definition) is 3. The smallest absolute Gasteiger partial charge is 0.320 e. The highest BCUT2D eigenvalue weighted by Crippen LogP contribution is 2.28. The Hall–Kier alpha value is -0.610. The second-order valence-electron chi connectivity index (χ2n) is 4.38. The molecule has 3 N–H and O–H groups in total. The van der Waals surface area contributed by atoms with Gasteiger partial charge in [0, 0.05) is 0 Å². The molecule has 0 aromatic carbocycles. The summed E-state index contributed by atoms with van der Waals surface area (Å²) in [5.74, 6) is 0.618. The molecular weight excluding hydrogens is 180 g/mol. The average Bonchev–Trinajstić information content (AvgIpc) is 2.71. The van der Waals surface area contributed by atoms with E-state index >= 15 is 0 Å². The number of rotatable bonds is 2. The fourth-order valence-corrected chi connectivity index (χ4v) is 2.64. The second kappa shape index (κ2) is 4.28. The fourth-order valence-electron chi connectivity index (χ4n) is 2.64. The minimum Gasteiger partial charge on any atom is -0.480 e. The van der Waals surface area contributed by atoms with Crippen molar-refractivity contribution in [2.75, 3.05) is 19.6 Å². The zero-order chi connectivity index (χ0) is 9.97. The normalized spacial score (nSPS) is 38.4. The van der Waals surface area contributed by atoms with Crippen molar-refractivity contribution in [2.45, 2.75) is 25.3 Å². The topological polar surface area (TPSA) is 61.4 Å². The maximum absolute atomic E-state index is 10.8. The molecule has 0 bridgehead atoms. The Morgan fingerprint density at radius 2 is 2.00 bits per heavy atom. The van der Waals surface area contributed by atoms with E-state index in [1.54, 1.807) is 0 Å². The molecule has 4 heteroatoms. The first-order valence-electron chi connectivity index (χ1n) is 5.44. The molecule has 14 heavy (non-hydrogen) atoms. The molecule has 0 radical (unpaired) electrons. The molecule has 2 rings (SSSR count). The number of nitrogens with one attached hydrogen (secondary N) is 2. The van der Waals surface area contributed by atoms with Crippen LogP contribution in [0.25, 0.3) is 0 Å². The van der Waals surface area contributed by atoms with Crippen LogP contribution < -0.4 is 10.6 Å². The maximum atomic E-state index is 10.8. The van der Waals surface area contributed by atoms with E-state index in [0.717, 1.165) is 32.5 Å². The van der Waals surface area contributed by atoms with Gasteiger partial charge in [-0.2, -0.15) is 0 Å². The summed E-state index contributed by atoms with van der Waals surface area (Å²) >= 11 is 0. The summed E-state index contributed by atoms with van der Waals surface area (Å²) in [6, 6.07) is -0.311. The van der Waals surface area contributed by atoms with Gasteiger partial charge in [0.1, 0.15) is 6.04 Å². The van der Waals surface area contributed by atoms with E-state index in [9.17, 15) is 4.79 Å². The zero-order valence-corrected chi connectivity index (χ0v) is 8.33. The molecule has 0 saturated carbocycles. The van der Waals surface area contributed by atoms with Gasteiger partial charge >= 0.3 is 5.97 Å². The molecule has 3 unspecified atom stereocenters. The van der Waals surface area contributed by atoms with Crippen LogP contribution in [0.2, 0.25) is 0 Å². The van der Waals surface area contributed by atoms with E-state index in [1.807, 2.05) is 0 Å². The molecule has 80 valence electrons. The second-order valence-corrected chi connectivity index (χ2v) is 4.38. The molecule has 4 nitrogen and oxygen atoms in total. The van der Waals surface area contributed by atoms with E-state index in [4.69, 9.17) is 5.11 Å². The first-order valence-corrected chi connectivity index (χ1v) is 5.44. The van der Waals surface area contributed by atoms with Crippen LogP contribution in [0.5, 0.6) is 0 Å². The highest BCUT2D eigenvalue weighted by molar-refractivity contribution is 5.73. The van der Waals surface area contributed by atoms with Crippen molar-refractivity contribution in [3.63, 3.8) is 0 Å². The standard InChI is InChI=1S/C10H18N2O2/c13-10(14)9-5-7(2-4-12-9)8-1-3-11-6-8/h7-9,11-12H,1-6H2,(H,13,14). The molecule has 2 fully saturated rings. The summed E-state index contributed by atoms with van der Waals surface area (Å²) in [5, 5.41) is 15.3. The molecule has 0 aromatic rings. The summed E-state index contributed by atoms with van der Waals surface area (Å²) in [4.78, 5) is 10.8. The van der Waals surface area contributed by atoms with E-state index in [1.165, 1.54) is 6.42 Å². The Labute approximate surface area is 84.1 Å². The predicted molar refractivity (Wildman–Crippen MR) is 53.1 cm³/mol. The van der Waals surface area contributed by atoms with Gasteiger partial charge in [-0.15, -0.1) is 0 Å². The minimum atomic E-state index is -0.694. The lowest BCUT2D eigenvalue weighted by Crippen LogP contribution is -2.45. The summed E-state index contributed by atoms with van der Waals surface area (Å²) in [6.07, 6.45) is 3.16. The van der Waals surface area contributed by atoms with Crippen molar-refractivity contribution in [3.8, 4) is 0 Å². The van der Waals surface area contributed by atoms with Gasteiger partial charge < -0.3 is 15.7 Å². The molecule has 2 aliphatic heterocycles. The third-order valence-electron chi connectivity index (χ3n) is 3.51. The van der Waals surface area contributed by atoms with Gasteiger partial charge in [-0.05, 0) is 50.7 Å². The van der Waals surface area contributed by atoms with Crippen LogP contribution >= 0.6 is 0 Å². The van der Waals surface area contributed by atoms with Crippen LogP contribution in [-0.2, 0) is 4.79 Å². The Morgan fingerprint density at radius 1 is 1.21 bits per heavy atom. The lowest BCUT2D eigenvalue weighted by molar-refractivity contribution is -0.140. The lowest BCUT2D eigenvalue weighted by atomic mass is 9.81. The largest absolute Gasteiger partial charge is 0.480 e. The molecule has 0 amide bonds. The van der Waals surface area contributed by atoms with Crippen LogP contribution in [0.1, 0.15) is 19.3 Å². The number of carboxylic acids is 1. The van der Waals surface area contributed by atoms with E-state index in [-0.39, 0.29) is 6.04 Å². The van der Waals surface area contributed by atoms with Gasteiger partial charge in [-0.3, -0.25) is 4.79 Å². The quantitative estimate of drug-likeness (QED) is 0.586. The monoisotopic (exact) mass is 198 g/mol. The van der Waals surface area contributed by atoms with Crippen molar-refractivity contribution in [2.24, 2.45) is 11.8 Å². The van der Waals surface area contributed by atoms with Crippen LogP contribution in [0.15, 0.2) is 0 Å². The highest BCUT2D eigenvalue weighted by atomic mass is 16.4. The van der Waals surface area contributed by atoms with Crippen LogP contribution in [-0.4, -0.2) is 36.8 Å². The SMILES string of the molecule is O=C(O)C1CC(C2CCNC2)CCN1. The number of aliphatic carboxylic acids is 1. The number of piperidine rings is 1. The molecule has 2 aliphatic rings. The Bertz CT molecular complexity index is 214. The summed E-state index contributed by atoms with van der Waals surface area (Å²) < 4.78 is 0. The maximum Gasteiger partial charge on any atom is 0.320 e. The number of carbonyl (C=O) groups is 1. The first-order chi connectivity index (χ1) is 6.77. The summed E-state index contributed by atoms with van der Waals surface area (Å²) in [5.41, 5.74) is 0. The molecule has 2 saturated heterocycles. The van der Waals surface area contributed by atoms with E-state index in [2.05, 4.69) is 10.6 Å². The molecule has 0 spiro atoms. The molecule has 0 aromatic heterocycles. The van der Waals surface area contributed by atoms with Crippen molar-refractivity contribution < 1.29 is 9.90 Å². The third-order valence-corrected chi connectivity index (χ3v) is 3.51. The lowest BCUT2D eigenvalue weighted by Gasteiger charge is -2.31. The third kappa shape index (κ3) is 2.07. The first kappa shape index (κ1) is 9.93. The van der Waals surface area contributed by atoms with Gasteiger partial charge in [-0.1, -0.05) is 0 Å². The fraction of sp³-hybridized carbons (Fsp3) is 0.900. The Balaban J connectivity index is 1.89. The summed E-state index contributed by atoms with van der Waals surface area (Å²) in [6.45, 7) is 3.04. The molecule has 3 atom stereocenters.